The molecule has 2 aliphatic heterocycles. The molecule has 4 N–H and O–H groups in total. The first kappa shape index (κ1) is 34.9. The van der Waals surface area contributed by atoms with Crippen LogP contribution in [0, 0.1) is 11.8 Å². The van der Waals surface area contributed by atoms with Gasteiger partial charge in [0, 0.05) is 68.3 Å². The van der Waals surface area contributed by atoms with Crippen molar-refractivity contribution >= 4 is 33.2 Å². The van der Waals surface area contributed by atoms with Crippen LogP contribution >= 0.6 is 0 Å². The molecule has 0 spiro atoms. The minimum atomic E-state index is -3.30. The molecule has 11 heteroatoms. The van der Waals surface area contributed by atoms with E-state index in [4.69, 9.17) is 5.73 Å². The summed E-state index contributed by atoms with van der Waals surface area (Å²) in [5.74, 6) is 1.14. The van der Waals surface area contributed by atoms with E-state index in [1.807, 2.05) is 17.0 Å². The summed E-state index contributed by atoms with van der Waals surface area (Å²) < 4.78 is 24.5. The number of nitrogens with two attached hydrogens (primary N) is 1. The van der Waals surface area contributed by atoms with Gasteiger partial charge in [-0.05, 0) is 85.4 Å². The van der Waals surface area contributed by atoms with Crippen LogP contribution in [-0.2, 0) is 16.6 Å². The molecule has 2 saturated heterocycles. The Balaban J connectivity index is 0.000000213. The number of piperidine rings is 2. The summed E-state index contributed by atoms with van der Waals surface area (Å²) in [6, 6.07) is 24.3. The van der Waals surface area contributed by atoms with Crippen LogP contribution in [0.25, 0.3) is 0 Å². The number of fused-ring (bicyclic) bond motifs is 2. The minimum absolute atomic E-state index is 0.145. The molecule has 2 fully saturated rings. The quantitative estimate of drug-likeness (QED) is 0.268. The van der Waals surface area contributed by atoms with Crippen molar-refractivity contribution in [3.8, 4) is 0 Å². The van der Waals surface area contributed by atoms with Gasteiger partial charge in [-0.15, -0.1) is 0 Å². The molecule has 3 aromatic rings. The van der Waals surface area contributed by atoms with Gasteiger partial charge in [0.25, 0.3) is 11.8 Å². The molecular weight excluding hydrogens is 600 g/mol. The van der Waals surface area contributed by atoms with Crippen LogP contribution in [0.4, 0.5) is 11.4 Å². The molecule has 3 aromatic carbocycles. The molecule has 0 saturated carbocycles. The first-order valence-electron chi connectivity index (χ1n) is 16.0. The van der Waals surface area contributed by atoms with Gasteiger partial charge >= 0.3 is 0 Å². The van der Waals surface area contributed by atoms with Gasteiger partial charge in [-0.3, -0.25) is 19.2 Å². The average Bonchev–Trinajstić information content (AvgIpc) is 3.03. The number of nitrogens with zero attached hydrogens (tertiary/aromatic N) is 3. The van der Waals surface area contributed by atoms with E-state index in [0.29, 0.717) is 35.3 Å². The van der Waals surface area contributed by atoms with Gasteiger partial charge < -0.3 is 20.9 Å². The summed E-state index contributed by atoms with van der Waals surface area (Å²) in [5, 5.41) is 2.85. The molecule has 46 heavy (non-hydrogen) atoms. The summed E-state index contributed by atoms with van der Waals surface area (Å²) in [6.07, 6.45) is 2.33. The monoisotopic (exact) mass is 648 g/mol. The Labute approximate surface area is 274 Å². The molecule has 10 nitrogen and oxygen atoms in total. The highest BCUT2D eigenvalue weighted by molar-refractivity contribution is 7.92. The molecule has 0 aromatic heterocycles. The molecule has 2 bridgehead atoms. The fourth-order valence-corrected chi connectivity index (χ4v) is 6.77. The number of hydrogen-bond acceptors (Lipinski definition) is 7. The van der Waals surface area contributed by atoms with Crippen molar-refractivity contribution in [2.75, 3.05) is 69.1 Å². The highest BCUT2D eigenvalue weighted by Gasteiger charge is 2.36. The van der Waals surface area contributed by atoms with Gasteiger partial charge in [-0.2, -0.15) is 0 Å². The predicted octanol–water partition coefficient (Wildman–Crippen LogP) is 3.99. The van der Waals surface area contributed by atoms with Crippen LogP contribution in [0.2, 0.25) is 0 Å². The summed E-state index contributed by atoms with van der Waals surface area (Å²) in [4.78, 5) is 31.5. The number of carbonyl (C=O) groups excluding carboxylic acids is 2. The molecule has 5 rings (SSSR count). The Kier molecular flexibility index (Phi) is 12.6. The standard InChI is InChI=1S/C21H25N3O.C14H23N3O3S/c22-20-8-6-19(7-9-20)21(25)24-14-17-10-18(15-24)13-23(12-17)11-16-4-2-1-3-5-16;1-4-17(5-2)11-10-15-14(18)12-6-8-13(9-7-12)16-21(3,19)20/h1-9,17-18H,10-15,22H2;6-9,16H,4-5,10-11H2,1-3H3,(H,15,18)/t17-,18+;. The number of amides is 2. The van der Waals surface area contributed by atoms with E-state index in [-0.39, 0.29) is 11.8 Å². The normalized spacial score (nSPS) is 18.0. The van der Waals surface area contributed by atoms with E-state index < -0.39 is 10.0 Å². The largest absolute Gasteiger partial charge is 0.399 e. The van der Waals surface area contributed by atoms with Gasteiger partial charge in [0.05, 0.1) is 6.26 Å². The summed E-state index contributed by atoms with van der Waals surface area (Å²) in [6.45, 7) is 12.4. The molecule has 0 radical (unpaired) electrons. The topological polar surface area (TPSA) is 128 Å². The lowest BCUT2D eigenvalue weighted by atomic mass is 9.84. The van der Waals surface area contributed by atoms with E-state index in [9.17, 15) is 18.0 Å². The number of sulfonamides is 1. The minimum Gasteiger partial charge on any atom is -0.399 e. The van der Waals surface area contributed by atoms with Crippen molar-refractivity contribution < 1.29 is 18.0 Å². The lowest BCUT2D eigenvalue weighted by molar-refractivity contribution is 0.0238. The first-order valence-corrected chi connectivity index (χ1v) is 17.9. The fourth-order valence-electron chi connectivity index (χ4n) is 6.21. The summed E-state index contributed by atoms with van der Waals surface area (Å²) >= 11 is 0. The third kappa shape index (κ3) is 10.9. The zero-order valence-electron chi connectivity index (χ0n) is 27.2. The number of likely N-dealkylation sites (tertiary alicyclic amines) is 2. The first-order chi connectivity index (χ1) is 22.0. The molecular formula is C35H48N6O4S. The maximum Gasteiger partial charge on any atom is 0.253 e. The second kappa shape index (κ2) is 16.6. The summed E-state index contributed by atoms with van der Waals surface area (Å²) in [5.41, 5.74) is 9.49. The Bertz CT molecular complexity index is 1500. The predicted molar refractivity (Wildman–Crippen MR) is 185 cm³/mol. The second-order valence-corrected chi connectivity index (χ2v) is 14.0. The zero-order chi connectivity index (χ0) is 33.1. The third-order valence-corrected chi connectivity index (χ3v) is 9.02. The number of nitrogens with one attached hydrogen (secondary N) is 2. The lowest BCUT2D eigenvalue weighted by Crippen LogP contribution is -2.53. The number of carbonyl (C=O) groups is 2. The number of rotatable bonds is 11. The molecule has 2 heterocycles. The highest BCUT2D eigenvalue weighted by Crippen LogP contribution is 2.30. The van der Waals surface area contributed by atoms with Crippen LogP contribution in [0.15, 0.2) is 78.9 Å². The SMILES string of the molecule is CCN(CC)CCNC(=O)c1ccc(NS(C)(=O)=O)cc1.Nc1ccc(C(=O)N2C[C@@H]3C[C@@H](CN(Cc4ccccc4)C3)C2)cc1. The second-order valence-electron chi connectivity index (χ2n) is 12.2. The van der Waals surface area contributed by atoms with Gasteiger partial charge in [-0.1, -0.05) is 44.2 Å². The van der Waals surface area contributed by atoms with Crippen molar-refractivity contribution in [2.45, 2.75) is 26.8 Å². The maximum atomic E-state index is 12.8. The molecule has 0 aliphatic carbocycles. The smallest absolute Gasteiger partial charge is 0.253 e. The number of likely N-dealkylation sites (N-methyl/N-ethyl adjacent to an activating group) is 1. The van der Waals surface area contributed by atoms with Crippen LogP contribution in [-0.4, -0.2) is 93.5 Å². The van der Waals surface area contributed by atoms with E-state index in [2.05, 4.69) is 64.0 Å². The lowest BCUT2D eigenvalue weighted by Gasteiger charge is -2.46. The van der Waals surface area contributed by atoms with E-state index in [0.717, 1.165) is 64.2 Å². The molecule has 2 atom stereocenters. The van der Waals surface area contributed by atoms with Crippen LogP contribution in [0.3, 0.4) is 0 Å². The third-order valence-electron chi connectivity index (χ3n) is 8.41. The van der Waals surface area contributed by atoms with Gasteiger partial charge in [0.1, 0.15) is 0 Å². The number of benzene rings is 3. The molecule has 2 amide bonds. The van der Waals surface area contributed by atoms with Crippen molar-refractivity contribution in [2.24, 2.45) is 11.8 Å². The Morgan fingerprint density at radius 1 is 0.848 bits per heavy atom. The fraction of sp³-hybridized carbons (Fsp3) is 0.429. The molecule has 248 valence electrons. The van der Waals surface area contributed by atoms with Crippen LogP contribution in [0.1, 0.15) is 46.5 Å². The van der Waals surface area contributed by atoms with E-state index in [1.54, 1.807) is 36.4 Å². The van der Waals surface area contributed by atoms with E-state index >= 15 is 0 Å². The zero-order valence-corrected chi connectivity index (χ0v) is 28.0. The molecule has 0 unspecified atom stereocenters. The Hall–Kier alpha value is -3.93. The average molecular weight is 649 g/mol. The maximum absolute atomic E-state index is 12.8. The van der Waals surface area contributed by atoms with Crippen molar-refractivity contribution in [3.05, 3.63) is 95.6 Å². The number of anilines is 2. The highest BCUT2D eigenvalue weighted by atomic mass is 32.2. The summed E-state index contributed by atoms with van der Waals surface area (Å²) in [7, 11) is -3.30. The molecule has 2 aliphatic rings. The number of nitrogen functional groups attached to an aromatic ring is 1. The van der Waals surface area contributed by atoms with Crippen molar-refractivity contribution in [1.29, 1.82) is 0 Å². The van der Waals surface area contributed by atoms with E-state index in [1.165, 1.54) is 12.0 Å². The van der Waals surface area contributed by atoms with Crippen LogP contribution in [0.5, 0.6) is 0 Å². The van der Waals surface area contributed by atoms with Gasteiger partial charge in [0.2, 0.25) is 10.0 Å². The number of hydrogen-bond donors (Lipinski definition) is 3. The van der Waals surface area contributed by atoms with Gasteiger partial charge in [0.15, 0.2) is 0 Å². The van der Waals surface area contributed by atoms with Crippen LogP contribution < -0.4 is 15.8 Å². The Morgan fingerprint density at radius 3 is 2.00 bits per heavy atom. The van der Waals surface area contributed by atoms with Gasteiger partial charge in [-0.25, -0.2) is 8.42 Å². The Morgan fingerprint density at radius 2 is 1.43 bits per heavy atom. The van der Waals surface area contributed by atoms with Crippen molar-refractivity contribution in [1.82, 2.24) is 20.0 Å². The van der Waals surface area contributed by atoms with Crippen molar-refractivity contribution in [3.63, 3.8) is 0 Å².